The first kappa shape index (κ1) is 13.4. The largest absolute Gasteiger partial charge is 0.497 e. The fraction of sp³-hybridized carbons (Fsp3) is 0.364. The van der Waals surface area contributed by atoms with Crippen molar-refractivity contribution < 1.29 is 24.1 Å². The number of carbonyl (C=O) groups is 1. The fourth-order valence-corrected chi connectivity index (χ4v) is 1.40. The first-order valence-corrected chi connectivity index (χ1v) is 4.93. The molecule has 6 heteroatoms. The summed E-state index contributed by atoms with van der Waals surface area (Å²) in [7, 11) is 1.38. The Hall–Kier alpha value is -1.66. The minimum Gasteiger partial charge on any atom is -0.497 e. The van der Waals surface area contributed by atoms with Crippen LogP contribution in [-0.4, -0.2) is 29.3 Å². The Morgan fingerprint density at radius 3 is 2.65 bits per heavy atom. The van der Waals surface area contributed by atoms with E-state index in [4.69, 9.17) is 10.5 Å². The Kier molecular flexibility index (Phi) is 4.42. The number of benzene rings is 1. The van der Waals surface area contributed by atoms with Crippen LogP contribution in [-0.2, 0) is 4.79 Å². The predicted octanol–water partition coefficient (Wildman–Crippen LogP) is 0.104. The Bertz CT molecular complexity index is 410. The van der Waals surface area contributed by atoms with Crippen molar-refractivity contribution >= 4 is 5.91 Å². The van der Waals surface area contributed by atoms with Crippen molar-refractivity contribution in [2.75, 3.05) is 7.11 Å². The molecular weight excluding hydrogens is 229 g/mol. The van der Waals surface area contributed by atoms with Crippen molar-refractivity contribution in [3.8, 4) is 5.75 Å². The summed E-state index contributed by atoms with van der Waals surface area (Å²) in [6.07, 6.45) is -3.38. The number of ether oxygens (including phenoxy) is 1. The summed E-state index contributed by atoms with van der Waals surface area (Å²) in [5.41, 5.74) is 4.76. The van der Waals surface area contributed by atoms with E-state index in [2.05, 4.69) is 0 Å². The molecule has 0 aliphatic rings. The van der Waals surface area contributed by atoms with Crippen LogP contribution < -0.4 is 10.5 Å². The highest BCUT2D eigenvalue weighted by Crippen LogP contribution is 2.25. The molecule has 0 aliphatic heterocycles. The van der Waals surface area contributed by atoms with Gasteiger partial charge in [-0.2, -0.15) is 0 Å². The summed E-state index contributed by atoms with van der Waals surface area (Å²) in [6, 6.07) is 3.80. The summed E-state index contributed by atoms with van der Waals surface area (Å²) < 4.78 is 18.3. The van der Waals surface area contributed by atoms with Gasteiger partial charge in [-0.1, -0.05) is 0 Å². The molecule has 0 saturated heterocycles. The molecule has 0 radical (unpaired) electrons. The average molecular weight is 243 g/mol. The average Bonchev–Trinajstić information content (AvgIpc) is 2.27. The Morgan fingerprint density at radius 1 is 1.53 bits per heavy atom. The van der Waals surface area contributed by atoms with Crippen molar-refractivity contribution in [1.29, 1.82) is 0 Å². The third-order valence-corrected chi connectivity index (χ3v) is 2.30. The Labute approximate surface area is 97.6 Å². The molecule has 4 N–H and O–H groups in total. The summed E-state index contributed by atoms with van der Waals surface area (Å²) in [5.74, 6) is -1.20. The van der Waals surface area contributed by atoms with Gasteiger partial charge >= 0.3 is 0 Å². The number of hydrogen-bond donors (Lipinski definition) is 3. The molecule has 1 aromatic carbocycles. The number of rotatable bonds is 5. The van der Waals surface area contributed by atoms with E-state index in [9.17, 15) is 19.4 Å². The lowest BCUT2D eigenvalue weighted by Crippen LogP contribution is -2.26. The normalized spacial score (nSPS) is 14.1. The van der Waals surface area contributed by atoms with Gasteiger partial charge in [-0.05, 0) is 12.1 Å². The number of amides is 1. The van der Waals surface area contributed by atoms with Crippen LogP contribution in [0.5, 0.6) is 5.75 Å². The summed E-state index contributed by atoms with van der Waals surface area (Å²) in [6.45, 7) is 0. The molecule has 2 unspecified atom stereocenters. The van der Waals surface area contributed by atoms with Crippen LogP contribution in [0.2, 0.25) is 0 Å². The van der Waals surface area contributed by atoms with Crippen LogP contribution in [0.1, 0.15) is 18.1 Å². The van der Waals surface area contributed by atoms with Crippen LogP contribution in [0, 0.1) is 5.82 Å². The first-order valence-electron chi connectivity index (χ1n) is 4.93. The van der Waals surface area contributed by atoms with E-state index in [1.165, 1.54) is 19.2 Å². The second kappa shape index (κ2) is 5.60. The minimum absolute atomic E-state index is 0.112. The predicted molar refractivity (Wildman–Crippen MR) is 57.7 cm³/mol. The molecule has 94 valence electrons. The molecule has 0 aromatic heterocycles. The van der Waals surface area contributed by atoms with Crippen molar-refractivity contribution in [3.05, 3.63) is 29.6 Å². The molecule has 1 rings (SSSR count). The standard InChI is InChI=1S/C11H14FNO4/c1-17-6-2-3-7(8(12)4-6)11(16)9(14)5-10(13)15/h2-4,9,11,14,16H,5H2,1H3,(H2,13,15). The molecule has 5 nitrogen and oxygen atoms in total. The topological polar surface area (TPSA) is 92.8 Å². The van der Waals surface area contributed by atoms with Crippen LogP contribution in [0.15, 0.2) is 18.2 Å². The van der Waals surface area contributed by atoms with Gasteiger partial charge < -0.3 is 20.7 Å². The second-order valence-electron chi connectivity index (χ2n) is 3.57. The second-order valence-corrected chi connectivity index (χ2v) is 3.57. The lowest BCUT2D eigenvalue weighted by molar-refractivity contribution is -0.121. The van der Waals surface area contributed by atoms with Gasteiger partial charge in [0.15, 0.2) is 0 Å². The van der Waals surface area contributed by atoms with Gasteiger partial charge in [-0.3, -0.25) is 4.79 Å². The van der Waals surface area contributed by atoms with E-state index >= 15 is 0 Å². The van der Waals surface area contributed by atoms with Crippen LogP contribution in [0.4, 0.5) is 4.39 Å². The van der Waals surface area contributed by atoms with Crippen molar-refractivity contribution in [2.45, 2.75) is 18.6 Å². The Balaban J connectivity index is 2.88. The first-order chi connectivity index (χ1) is 7.95. The lowest BCUT2D eigenvalue weighted by atomic mass is 10.0. The third-order valence-electron chi connectivity index (χ3n) is 2.30. The van der Waals surface area contributed by atoms with E-state index in [1.807, 2.05) is 0 Å². The molecule has 2 atom stereocenters. The molecule has 0 heterocycles. The number of primary amides is 1. The number of methoxy groups -OCH3 is 1. The zero-order valence-corrected chi connectivity index (χ0v) is 9.26. The highest BCUT2D eigenvalue weighted by Gasteiger charge is 2.23. The van der Waals surface area contributed by atoms with Crippen LogP contribution >= 0.6 is 0 Å². The third kappa shape index (κ3) is 3.40. The van der Waals surface area contributed by atoms with Gasteiger partial charge in [0.2, 0.25) is 5.91 Å². The SMILES string of the molecule is COc1ccc(C(O)C(O)CC(N)=O)c(F)c1. The van der Waals surface area contributed by atoms with Crippen LogP contribution in [0.25, 0.3) is 0 Å². The monoisotopic (exact) mass is 243 g/mol. The highest BCUT2D eigenvalue weighted by atomic mass is 19.1. The number of aliphatic hydroxyl groups excluding tert-OH is 2. The van der Waals surface area contributed by atoms with E-state index in [1.54, 1.807) is 0 Å². The quantitative estimate of drug-likeness (QED) is 0.684. The van der Waals surface area contributed by atoms with Crippen LogP contribution in [0.3, 0.4) is 0 Å². The van der Waals surface area contributed by atoms with Gasteiger partial charge in [0, 0.05) is 11.6 Å². The van der Waals surface area contributed by atoms with E-state index in [0.717, 1.165) is 6.07 Å². The molecule has 0 bridgehead atoms. The molecule has 1 aromatic rings. The summed E-state index contributed by atoms with van der Waals surface area (Å²) in [4.78, 5) is 10.6. The maximum absolute atomic E-state index is 13.5. The highest BCUT2D eigenvalue weighted by molar-refractivity contribution is 5.74. The van der Waals surface area contributed by atoms with Gasteiger partial charge in [-0.15, -0.1) is 0 Å². The fourth-order valence-electron chi connectivity index (χ4n) is 1.40. The minimum atomic E-state index is -1.51. The number of nitrogens with two attached hydrogens (primary N) is 1. The molecule has 0 saturated carbocycles. The number of hydrogen-bond acceptors (Lipinski definition) is 4. The van der Waals surface area contributed by atoms with Crippen molar-refractivity contribution in [3.63, 3.8) is 0 Å². The molecule has 0 aliphatic carbocycles. The number of carbonyl (C=O) groups excluding carboxylic acids is 1. The smallest absolute Gasteiger partial charge is 0.220 e. The number of aliphatic hydroxyl groups is 2. The Morgan fingerprint density at radius 2 is 2.18 bits per heavy atom. The molecule has 1 amide bonds. The van der Waals surface area contributed by atoms with Gasteiger partial charge in [0.25, 0.3) is 0 Å². The molecule has 0 fully saturated rings. The molecule has 0 spiro atoms. The maximum atomic E-state index is 13.5. The zero-order valence-electron chi connectivity index (χ0n) is 9.26. The van der Waals surface area contributed by atoms with Gasteiger partial charge in [-0.25, -0.2) is 4.39 Å². The zero-order chi connectivity index (χ0) is 13.0. The maximum Gasteiger partial charge on any atom is 0.220 e. The van der Waals surface area contributed by atoms with E-state index < -0.39 is 30.4 Å². The van der Waals surface area contributed by atoms with Crippen molar-refractivity contribution in [2.24, 2.45) is 5.73 Å². The van der Waals surface area contributed by atoms with Gasteiger partial charge in [0.05, 0.1) is 19.6 Å². The molecule has 17 heavy (non-hydrogen) atoms. The summed E-state index contributed by atoms with van der Waals surface area (Å²) in [5, 5.41) is 19.1. The number of halogens is 1. The van der Waals surface area contributed by atoms with E-state index in [-0.39, 0.29) is 5.56 Å². The molecular formula is C11H14FNO4. The van der Waals surface area contributed by atoms with Crippen molar-refractivity contribution in [1.82, 2.24) is 0 Å². The van der Waals surface area contributed by atoms with Gasteiger partial charge in [0.1, 0.15) is 17.7 Å². The summed E-state index contributed by atoms with van der Waals surface area (Å²) >= 11 is 0. The lowest BCUT2D eigenvalue weighted by Gasteiger charge is -2.17. The van der Waals surface area contributed by atoms with E-state index in [0.29, 0.717) is 5.75 Å².